The van der Waals surface area contributed by atoms with Gasteiger partial charge in [-0.15, -0.1) is 0 Å². The number of carbonyl (C=O) groups excluding carboxylic acids is 2. The average Bonchev–Trinajstić information content (AvgIpc) is 3.22. The fourth-order valence-corrected chi connectivity index (χ4v) is 4.14. The highest BCUT2D eigenvalue weighted by Crippen LogP contribution is 2.25. The van der Waals surface area contributed by atoms with Crippen molar-refractivity contribution in [3.8, 4) is 0 Å². The minimum Gasteiger partial charge on any atom is -0.464 e. The lowest BCUT2D eigenvalue weighted by Crippen LogP contribution is -2.37. The highest BCUT2D eigenvalue weighted by Gasteiger charge is 2.24. The molecule has 0 spiro atoms. The van der Waals surface area contributed by atoms with E-state index in [1.807, 2.05) is 16.8 Å². The van der Waals surface area contributed by atoms with Crippen LogP contribution in [-0.4, -0.2) is 56.5 Å². The fraction of sp³-hybridized carbons (Fsp3) is 0.400. The van der Waals surface area contributed by atoms with Crippen molar-refractivity contribution in [1.82, 2.24) is 9.47 Å². The molecule has 0 saturated carbocycles. The molecule has 1 aliphatic rings. The molecule has 3 rings (SSSR count). The van der Waals surface area contributed by atoms with Crippen LogP contribution in [0.2, 0.25) is 0 Å². The lowest BCUT2D eigenvalue weighted by molar-refractivity contribution is -0.116. The number of ether oxygens (including phenoxy) is 1. The number of carbonyl (C=O) groups is 2. The third kappa shape index (κ3) is 5.47. The second-order valence-corrected chi connectivity index (χ2v) is 8.79. The molecule has 1 aromatic heterocycles. The van der Waals surface area contributed by atoms with Gasteiger partial charge in [-0.3, -0.25) is 4.79 Å². The highest BCUT2D eigenvalue weighted by atomic mass is 32.2. The second kappa shape index (κ2) is 9.41. The van der Waals surface area contributed by atoms with E-state index in [-0.39, 0.29) is 22.8 Å². The van der Waals surface area contributed by atoms with Crippen molar-refractivity contribution < 1.29 is 22.7 Å². The van der Waals surface area contributed by atoms with E-state index in [1.165, 1.54) is 31.4 Å². The molecule has 0 bridgehead atoms. The number of nitrogens with one attached hydrogen (secondary N) is 1. The van der Waals surface area contributed by atoms with E-state index >= 15 is 0 Å². The summed E-state index contributed by atoms with van der Waals surface area (Å²) in [6, 6.07) is 9.59. The highest BCUT2D eigenvalue weighted by molar-refractivity contribution is 7.89. The summed E-state index contributed by atoms with van der Waals surface area (Å²) in [4.78, 5) is 26.3. The van der Waals surface area contributed by atoms with Crippen molar-refractivity contribution in [2.75, 3.05) is 32.1 Å². The van der Waals surface area contributed by atoms with E-state index in [2.05, 4.69) is 10.2 Å². The smallest absolute Gasteiger partial charge is 0.354 e. The molecule has 1 amide bonds. The Morgan fingerprint density at radius 1 is 1.17 bits per heavy atom. The van der Waals surface area contributed by atoms with Crippen molar-refractivity contribution in [3.63, 3.8) is 0 Å². The van der Waals surface area contributed by atoms with Gasteiger partial charge >= 0.3 is 5.97 Å². The average molecular weight is 435 g/mol. The number of primary sulfonamides is 1. The fourth-order valence-electron chi connectivity index (χ4n) is 3.62. The van der Waals surface area contributed by atoms with Crippen LogP contribution >= 0.6 is 0 Å². The minimum absolute atomic E-state index is 0.00131. The molecule has 1 aromatic carbocycles. The first-order chi connectivity index (χ1) is 14.3. The molecule has 162 valence electrons. The monoisotopic (exact) mass is 434 g/mol. The largest absolute Gasteiger partial charge is 0.464 e. The van der Waals surface area contributed by atoms with Crippen molar-refractivity contribution >= 4 is 27.6 Å². The van der Waals surface area contributed by atoms with Gasteiger partial charge in [0.15, 0.2) is 0 Å². The Hall–Kier alpha value is -2.69. The van der Waals surface area contributed by atoms with Gasteiger partial charge in [0, 0.05) is 44.0 Å². The molecule has 1 fully saturated rings. The van der Waals surface area contributed by atoms with Gasteiger partial charge in [0.25, 0.3) is 0 Å². The van der Waals surface area contributed by atoms with Crippen LogP contribution in [0.15, 0.2) is 47.5 Å². The summed E-state index contributed by atoms with van der Waals surface area (Å²) in [5.74, 6) is -0.477. The van der Waals surface area contributed by atoms with Gasteiger partial charge in [0.1, 0.15) is 5.69 Å². The number of esters is 1. The number of aromatic nitrogens is 1. The quantitative estimate of drug-likeness (QED) is 0.638. The van der Waals surface area contributed by atoms with Crippen molar-refractivity contribution in [1.29, 1.82) is 0 Å². The first-order valence-corrected chi connectivity index (χ1v) is 11.2. The van der Waals surface area contributed by atoms with Crippen LogP contribution in [0.3, 0.4) is 0 Å². The zero-order valence-corrected chi connectivity index (χ0v) is 17.6. The zero-order valence-electron chi connectivity index (χ0n) is 16.8. The minimum atomic E-state index is -3.75. The molecule has 3 N–H and O–H groups in total. The summed E-state index contributed by atoms with van der Waals surface area (Å²) in [6.45, 7) is 2.29. The normalized spacial score (nSPS) is 15.7. The van der Waals surface area contributed by atoms with E-state index in [0.717, 1.165) is 25.9 Å². The second-order valence-electron chi connectivity index (χ2n) is 7.23. The predicted molar refractivity (Wildman–Crippen MR) is 112 cm³/mol. The lowest BCUT2D eigenvalue weighted by Gasteiger charge is -2.33. The number of sulfonamides is 1. The van der Waals surface area contributed by atoms with Crippen LogP contribution in [0.5, 0.6) is 0 Å². The van der Waals surface area contributed by atoms with Crippen LogP contribution in [-0.2, 0) is 19.6 Å². The molecule has 2 aromatic rings. The summed E-state index contributed by atoms with van der Waals surface area (Å²) in [5.41, 5.74) is 1.08. The van der Waals surface area contributed by atoms with E-state index < -0.39 is 10.0 Å². The molecular formula is C20H26N4O5S. The maximum absolute atomic E-state index is 12.2. The number of benzene rings is 1. The van der Waals surface area contributed by atoms with E-state index in [1.54, 1.807) is 6.07 Å². The van der Waals surface area contributed by atoms with Gasteiger partial charge in [-0.05, 0) is 49.2 Å². The van der Waals surface area contributed by atoms with Crippen LogP contribution in [0, 0.1) is 0 Å². The topological polar surface area (TPSA) is 124 Å². The number of rotatable bonds is 7. The van der Waals surface area contributed by atoms with Gasteiger partial charge in [-0.1, -0.05) is 0 Å². The molecule has 10 heteroatoms. The number of piperidine rings is 1. The Morgan fingerprint density at radius 3 is 2.43 bits per heavy atom. The first-order valence-electron chi connectivity index (χ1n) is 9.68. The molecule has 0 aliphatic carbocycles. The molecule has 0 atom stereocenters. The van der Waals surface area contributed by atoms with Crippen LogP contribution in [0.1, 0.15) is 35.8 Å². The molecule has 1 aliphatic heterocycles. The summed E-state index contributed by atoms with van der Waals surface area (Å²) in [7, 11) is -2.37. The standard InChI is InChI=1S/C20H26N4O5S/c1-29-20(26)18-3-2-11-24(18)16-8-12-23(13-9-16)14-10-19(25)22-15-4-6-17(7-5-15)30(21,27)28/h2-7,11,16H,8-10,12-14H2,1H3,(H,22,25)(H2,21,27,28). The molecule has 1 saturated heterocycles. The number of hydrogen-bond donors (Lipinski definition) is 2. The molecule has 0 radical (unpaired) electrons. The molecular weight excluding hydrogens is 408 g/mol. The summed E-state index contributed by atoms with van der Waals surface area (Å²) < 4.78 is 29.3. The van der Waals surface area contributed by atoms with E-state index in [4.69, 9.17) is 9.88 Å². The van der Waals surface area contributed by atoms with Gasteiger partial charge < -0.3 is 19.5 Å². The van der Waals surface area contributed by atoms with E-state index in [0.29, 0.717) is 24.3 Å². The van der Waals surface area contributed by atoms with Gasteiger partial charge in [0.2, 0.25) is 15.9 Å². The summed E-state index contributed by atoms with van der Waals surface area (Å²) in [6.07, 6.45) is 4.00. The maximum atomic E-state index is 12.2. The van der Waals surface area contributed by atoms with Crippen LogP contribution in [0.4, 0.5) is 5.69 Å². The van der Waals surface area contributed by atoms with Crippen molar-refractivity contribution in [2.24, 2.45) is 5.14 Å². The number of hydrogen-bond acceptors (Lipinski definition) is 6. The predicted octanol–water partition coefficient (Wildman–Crippen LogP) is 1.59. The Bertz CT molecular complexity index is 992. The molecule has 2 heterocycles. The number of methoxy groups -OCH3 is 1. The van der Waals surface area contributed by atoms with E-state index in [9.17, 15) is 18.0 Å². The van der Waals surface area contributed by atoms with Gasteiger partial charge in [0.05, 0.1) is 12.0 Å². The van der Waals surface area contributed by atoms with Crippen molar-refractivity contribution in [3.05, 3.63) is 48.3 Å². The Balaban J connectivity index is 1.45. The third-order valence-electron chi connectivity index (χ3n) is 5.25. The zero-order chi connectivity index (χ0) is 21.7. The Morgan fingerprint density at radius 2 is 1.83 bits per heavy atom. The van der Waals surface area contributed by atoms with Gasteiger partial charge in [-0.25, -0.2) is 18.4 Å². The number of likely N-dealkylation sites (tertiary alicyclic amines) is 1. The number of nitrogens with two attached hydrogens (primary N) is 1. The Labute approximate surface area is 175 Å². The van der Waals surface area contributed by atoms with Crippen LogP contribution in [0.25, 0.3) is 0 Å². The summed E-state index contributed by atoms with van der Waals surface area (Å²) in [5, 5.41) is 7.83. The van der Waals surface area contributed by atoms with Crippen molar-refractivity contribution in [2.45, 2.75) is 30.2 Å². The Kier molecular flexibility index (Phi) is 6.91. The first kappa shape index (κ1) is 22.0. The van der Waals surface area contributed by atoms with Gasteiger partial charge in [-0.2, -0.15) is 0 Å². The number of amides is 1. The molecule has 0 unspecified atom stereocenters. The van der Waals surface area contributed by atoms with Crippen LogP contribution < -0.4 is 10.5 Å². The molecule has 30 heavy (non-hydrogen) atoms. The summed E-state index contributed by atoms with van der Waals surface area (Å²) >= 11 is 0. The lowest BCUT2D eigenvalue weighted by atomic mass is 10.0. The molecule has 9 nitrogen and oxygen atoms in total. The third-order valence-corrected chi connectivity index (χ3v) is 6.17. The number of anilines is 1. The number of nitrogens with zero attached hydrogens (tertiary/aromatic N) is 2. The maximum Gasteiger partial charge on any atom is 0.354 e. The SMILES string of the molecule is COC(=O)c1cccn1C1CCN(CCC(=O)Nc2ccc(S(N)(=O)=O)cc2)CC1.